The van der Waals surface area contributed by atoms with E-state index in [-0.39, 0.29) is 5.75 Å². The van der Waals surface area contributed by atoms with Crippen LogP contribution in [0.3, 0.4) is 0 Å². The second-order valence-electron chi connectivity index (χ2n) is 5.25. The molecule has 0 atom stereocenters. The minimum atomic E-state index is -2.51. The summed E-state index contributed by atoms with van der Waals surface area (Å²) in [6.07, 6.45) is 2.39. The average molecular weight is 270 g/mol. The Morgan fingerprint density at radius 2 is 2.28 bits per heavy atom. The summed E-state index contributed by atoms with van der Waals surface area (Å²) >= 11 is 0. The number of nitrogens with one attached hydrogen (secondary N) is 1. The van der Waals surface area contributed by atoms with E-state index in [1.54, 1.807) is 12.1 Å². The van der Waals surface area contributed by atoms with Crippen molar-refractivity contribution in [1.82, 2.24) is 0 Å². The summed E-state index contributed by atoms with van der Waals surface area (Å²) in [5.41, 5.74) is 0.635. The maximum Gasteiger partial charge on any atom is 0.142 e. The van der Waals surface area contributed by atoms with Gasteiger partial charge >= 0.3 is 0 Å². The van der Waals surface area contributed by atoms with Crippen LogP contribution in [0, 0.1) is 5.92 Å². The highest BCUT2D eigenvalue weighted by molar-refractivity contribution is 7.73. The van der Waals surface area contributed by atoms with E-state index in [0.29, 0.717) is 30.5 Å². The van der Waals surface area contributed by atoms with Gasteiger partial charge in [0.1, 0.15) is 12.9 Å². The summed E-state index contributed by atoms with van der Waals surface area (Å²) in [7, 11) is -4.80. The predicted molar refractivity (Wildman–Crippen MR) is 77.9 cm³/mol. The van der Waals surface area contributed by atoms with Gasteiger partial charge in [0, 0.05) is 24.2 Å². The van der Waals surface area contributed by atoms with Crippen molar-refractivity contribution in [2.75, 3.05) is 31.2 Å². The lowest BCUT2D eigenvalue weighted by molar-refractivity contribution is 0.416. The highest BCUT2D eigenvalue weighted by Crippen LogP contribution is 2.54. The van der Waals surface area contributed by atoms with Gasteiger partial charge in [-0.15, -0.1) is 0 Å². The standard InChI is InChI=1S/C14H22NO2P/c1-11(2)10-15-13-6-5-12(9-14(13)17-3)18(16)7-4-8-18/h5-6,9,11,15H,4,7-8,10H2,1-3H3/i3D3. The van der Waals surface area contributed by atoms with Crippen molar-refractivity contribution in [1.29, 1.82) is 0 Å². The van der Waals surface area contributed by atoms with Gasteiger partial charge in [0.25, 0.3) is 0 Å². The summed E-state index contributed by atoms with van der Waals surface area (Å²) in [5, 5.41) is 3.91. The summed E-state index contributed by atoms with van der Waals surface area (Å²) < 4.78 is 39.5. The Bertz CT molecular complexity index is 550. The molecule has 1 N–H and O–H groups in total. The highest BCUT2D eigenvalue weighted by Gasteiger charge is 2.32. The minimum absolute atomic E-state index is 0.260. The van der Waals surface area contributed by atoms with E-state index in [4.69, 9.17) is 8.85 Å². The van der Waals surface area contributed by atoms with E-state index in [9.17, 15) is 4.57 Å². The molecule has 0 bridgehead atoms. The number of rotatable bonds is 5. The third kappa shape index (κ3) is 2.72. The first-order valence-electron chi connectivity index (χ1n) is 7.85. The average Bonchev–Trinajstić information content (AvgIpc) is 2.32. The fourth-order valence-electron chi connectivity index (χ4n) is 2.01. The smallest absolute Gasteiger partial charge is 0.142 e. The SMILES string of the molecule is [2H]C([2H])([2H])Oc1cc(P2(=O)CCC2)ccc1NCC(C)C. The molecule has 0 aliphatic carbocycles. The molecule has 1 aliphatic rings. The van der Waals surface area contributed by atoms with Crippen LogP contribution in [0.25, 0.3) is 0 Å². The second kappa shape index (κ2) is 5.36. The number of ether oxygens (including phenoxy) is 1. The van der Waals surface area contributed by atoms with Crippen molar-refractivity contribution >= 4 is 18.1 Å². The molecular weight excluding hydrogens is 245 g/mol. The van der Waals surface area contributed by atoms with Crippen LogP contribution in [0.4, 0.5) is 5.69 Å². The first-order chi connectivity index (χ1) is 9.70. The molecule has 0 radical (unpaired) electrons. The van der Waals surface area contributed by atoms with Crippen LogP contribution in [-0.4, -0.2) is 25.9 Å². The molecule has 1 aromatic carbocycles. The maximum atomic E-state index is 12.5. The summed E-state index contributed by atoms with van der Waals surface area (Å²) in [6.45, 7) is 4.85. The van der Waals surface area contributed by atoms with E-state index in [0.717, 1.165) is 11.7 Å². The number of anilines is 1. The van der Waals surface area contributed by atoms with Crippen LogP contribution in [0.5, 0.6) is 5.75 Å². The van der Waals surface area contributed by atoms with Crippen LogP contribution in [-0.2, 0) is 4.57 Å². The summed E-state index contributed by atoms with van der Waals surface area (Å²) in [5.74, 6) is 0.686. The van der Waals surface area contributed by atoms with Gasteiger partial charge in [0.15, 0.2) is 0 Å². The first kappa shape index (κ1) is 9.91. The maximum absolute atomic E-state index is 12.5. The Labute approximate surface area is 114 Å². The van der Waals surface area contributed by atoms with Crippen LogP contribution in [0.2, 0.25) is 0 Å². The van der Waals surface area contributed by atoms with Crippen molar-refractivity contribution in [3.05, 3.63) is 18.2 Å². The lowest BCUT2D eigenvalue weighted by Gasteiger charge is -2.27. The molecule has 1 aromatic rings. The molecule has 4 heteroatoms. The van der Waals surface area contributed by atoms with Gasteiger partial charge in [-0.05, 0) is 30.5 Å². The molecule has 1 fully saturated rings. The zero-order valence-electron chi connectivity index (χ0n) is 13.9. The van der Waals surface area contributed by atoms with Crippen molar-refractivity contribution < 1.29 is 13.4 Å². The Morgan fingerprint density at radius 1 is 1.50 bits per heavy atom. The van der Waals surface area contributed by atoms with E-state index < -0.39 is 14.2 Å². The van der Waals surface area contributed by atoms with Crippen molar-refractivity contribution in [3.63, 3.8) is 0 Å². The molecule has 0 spiro atoms. The molecule has 3 nitrogen and oxygen atoms in total. The molecule has 1 saturated heterocycles. The van der Waals surface area contributed by atoms with Crippen molar-refractivity contribution in [3.8, 4) is 5.75 Å². The van der Waals surface area contributed by atoms with E-state index in [1.165, 1.54) is 0 Å². The quantitative estimate of drug-likeness (QED) is 0.835. The summed E-state index contributed by atoms with van der Waals surface area (Å²) in [4.78, 5) is 0. The minimum Gasteiger partial charge on any atom is -0.495 e. The Morgan fingerprint density at radius 3 is 2.83 bits per heavy atom. The van der Waals surface area contributed by atoms with E-state index >= 15 is 0 Å². The van der Waals surface area contributed by atoms with E-state index in [2.05, 4.69) is 19.2 Å². The van der Waals surface area contributed by atoms with Gasteiger partial charge in [-0.2, -0.15) is 0 Å². The number of hydrogen-bond donors (Lipinski definition) is 1. The largest absolute Gasteiger partial charge is 0.495 e. The van der Waals surface area contributed by atoms with Gasteiger partial charge in [-0.1, -0.05) is 13.8 Å². The Kier molecular flexibility index (Phi) is 2.95. The van der Waals surface area contributed by atoms with Crippen LogP contribution < -0.4 is 15.4 Å². The van der Waals surface area contributed by atoms with Crippen molar-refractivity contribution in [2.45, 2.75) is 20.3 Å². The second-order valence-corrected chi connectivity index (χ2v) is 8.44. The topological polar surface area (TPSA) is 38.3 Å². The zero-order chi connectivity index (χ0) is 15.7. The fraction of sp³-hybridized carbons (Fsp3) is 0.571. The molecule has 100 valence electrons. The van der Waals surface area contributed by atoms with Crippen LogP contribution >= 0.6 is 7.14 Å². The van der Waals surface area contributed by atoms with Gasteiger partial charge in [0.2, 0.25) is 0 Å². The molecule has 1 aliphatic heterocycles. The summed E-state index contributed by atoms with van der Waals surface area (Å²) in [6, 6.07) is 5.24. The molecule has 0 aromatic heterocycles. The number of hydrogen-bond acceptors (Lipinski definition) is 3. The molecule has 2 rings (SSSR count). The number of benzene rings is 1. The van der Waals surface area contributed by atoms with Gasteiger partial charge in [0.05, 0.1) is 16.8 Å². The lowest BCUT2D eigenvalue weighted by atomic mass is 10.2. The first-order valence-corrected chi connectivity index (χ1v) is 8.43. The molecule has 0 amide bonds. The Hall–Kier alpha value is -0.950. The van der Waals surface area contributed by atoms with Crippen LogP contribution in [0.15, 0.2) is 18.2 Å². The lowest BCUT2D eigenvalue weighted by Crippen LogP contribution is -2.20. The monoisotopic (exact) mass is 270 g/mol. The molecule has 0 unspecified atom stereocenters. The molecule has 18 heavy (non-hydrogen) atoms. The van der Waals surface area contributed by atoms with E-state index in [1.807, 2.05) is 6.07 Å². The van der Waals surface area contributed by atoms with Crippen molar-refractivity contribution in [2.24, 2.45) is 5.92 Å². The normalized spacial score (nSPS) is 20.5. The van der Waals surface area contributed by atoms with Gasteiger partial charge < -0.3 is 14.6 Å². The molecule has 1 heterocycles. The Balaban J connectivity index is 2.29. The predicted octanol–water partition coefficient (Wildman–Crippen LogP) is 3.16. The molecular formula is C14H22NO2P. The zero-order valence-corrected chi connectivity index (χ0v) is 11.8. The number of methoxy groups -OCH3 is 1. The van der Waals surface area contributed by atoms with Crippen LogP contribution in [0.1, 0.15) is 24.4 Å². The van der Waals surface area contributed by atoms with Gasteiger partial charge in [-0.3, -0.25) is 0 Å². The third-order valence-corrected chi connectivity index (χ3v) is 6.58. The third-order valence-electron chi connectivity index (χ3n) is 3.29. The fourth-order valence-corrected chi connectivity index (χ4v) is 4.12. The molecule has 0 saturated carbocycles. The van der Waals surface area contributed by atoms with Gasteiger partial charge in [-0.25, -0.2) is 0 Å². The highest BCUT2D eigenvalue weighted by atomic mass is 31.2.